The van der Waals surface area contributed by atoms with Gasteiger partial charge < -0.3 is 9.90 Å². The minimum atomic E-state index is -0.781. The Hall–Kier alpha value is -1.19. The molecule has 4 nitrogen and oxygen atoms in total. The normalized spacial score (nSPS) is 10.5. The van der Waals surface area contributed by atoms with Crippen molar-refractivity contribution >= 4 is 18.5 Å². The number of aliphatic carboxylic acids is 1. The van der Waals surface area contributed by atoms with Gasteiger partial charge in [0.15, 0.2) is 0 Å². The zero-order valence-corrected chi connectivity index (χ0v) is 7.61. The molecule has 0 aliphatic carbocycles. The van der Waals surface area contributed by atoms with E-state index in [1.165, 1.54) is 0 Å². The first-order valence-electron chi connectivity index (χ1n) is 4.41. The van der Waals surface area contributed by atoms with Crippen LogP contribution in [0, 0.1) is 0 Å². The number of carbonyl (C=O) groups is 2. The van der Waals surface area contributed by atoms with Gasteiger partial charge in [-0.3, -0.25) is 9.79 Å². The van der Waals surface area contributed by atoms with E-state index in [1.807, 2.05) is 0 Å². The van der Waals surface area contributed by atoms with Crippen molar-refractivity contribution in [3.8, 4) is 0 Å². The van der Waals surface area contributed by atoms with Gasteiger partial charge >= 0.3 is 5.97 Å². The topological polar surface area (TPSA) is 66.7 Å². The molecule has 0 unspecified atom stereocenters. The molecule has 0 saturated carbocycles. The highest BCUT2D eigenvalue weighted by atomic mass is 16.4. The summed E-state index contributed by atoms with van der Waals surface area (Å²) in [5, 5.41) is 8.30. The van der Waals surface area contributed by atoms with Crippen LogP contribution < -0.4 is 0 Å². The third-order valence-corrected chi connectivity index (χ3v) is 1.46. The highest BCUT2D eigenvalue weighted by molar-refractivity contribution is 5.66. The van der Waals surface area contributed by atoms with Crippen LogP contribution in [0.3, 0.4) is 0 Å². The Morgan fingerprint density at radius 1 is 1.31 bits per heavy atom. The number of carbonyl (C=O) groups excluding carboxylic acids is 1. The number of hydrogen-bond acceptors (Lipinski definition) is 3. The number of carboxylic acids is 1. The van der Waals surface area contributed by atoms with Gasteiger partial charge in [0.1, 0.15) is 6.29 Å². The quantitative estimate of drug-likeness (QED) is 0.352. The number of carboxylic acid groups (broad SMARTS) is 1. The summed E-state index contributed by atoms with van der Waals surface area (Å²) in [7, 11) is 0. The lowest BCUT2D eigenvalue weighted by atomic mass is 10.2. The number of rotatable bonds is 8. The number of hydrogen-bond donors (Lipinski definition) is 1. The Kier molecular flexibility index (Phi) is 8.09. The number of nitrogens with zero attached hydrogens (tertiary/aromatic N) is 1. The summed E-state index contributed by atoms with van der Waals surface area (Å²) >= 11 is 0. The summed E-state index contributed by atoms with van der Waals surface area (Å²) in [5.74, 6) is -0.781. The summed E-state index contributed by atoms with van der Waals surface area (Å²) in [6.45, 7) is 0.563. The van der Waals surface area contributed by atoms with Crippen LogP contribution in [-0.4, -0.2) is 30.1 Å². The van der Waals surface area contributed by atoms with E-state index in [0.29, 0.717) is 19.4 Å². The van der Waals surface area contributed by atoms with Crippen molar-refractivity contribution in [3.63, 3.8) is 0 Å². The molecule has 0 aliphatic heterocycles. The molecule has 13 heavy (non-hydrogen) atoms. The number of aldehydes is 1. The predicted octanol–water partition coefficient (Wildman–Crippen LogP) is 1.29. The summed E-state index contributed by atoms with van der Waals surface area (Å²) < 4.78 is 0. The van der Waals surface area contributed by atoms with E-state index >= 15 is 0 Å². The second-order valence-corrected chi connectivity index (χ2v) is 2.68. The van der Waals surface area contributed by atoms with Gasteiger partial charge in [0.05, 0.1) is 0 Å². The van der Waals surface area contributed by atoms with E-state index in [4.69, 9.17) is 5.11 Å². The maximum Gasteiger partial charge on any atom is 0.303 e. The predicted molar refractivity (Wildman–Crippen MR) is 50.1 cm³/mol. The SMILES string of the molecule is O=CCCCC=NCCCC(=O)O. The van der Waals surface area contributed by atoms with Gasteiger partial charge in [-0.15, -0.1) is 0 Å². The van der Waals surface area contributed by atoms with Crippen molar-refractivity contribution in [1.29, 1.82) is 0 Å². The van der Waals surface area contributed by atoms with Gasteiger partial charge in [0.2, 0.25) is 0 Å². The fourth-order valence-electron chi connectivity index (χ4n) is 0.797. The van der Waals surface area contributed by atoms with Gasteiger partial charge in [0.25, 0.3) is 0 Å². The lowest BCUT2D eigenvalue weighted by molar-refractivity contribution is -0.137. The van der Waals surface area contributed by atoms with E-state index < -0.39 is 5.97 Å². The maximum atomic E-state index is 10.1. The Morgan fingerprint density at radius 3 is 2.69 bits per heavy atom. The van der Waals surface area contributed by atoms with Crippen molar-refractivity contribution in [2.75, 3.05) is 6.54 Å². The molecule has 4 heteroatoms. The molecule has 0 radical (unpaired) electrons. The van der Waals surface area contributed by atoms with Crippen LogP contribution in [0.15, 0.2) is 4.99 Å². The minimum absolute atomic E-state index is 0.172. The highest BCUT2D eigenvalue weighted by Crippen LogP contribution is 1.91. The zero-order valence-electron chi connectivity index (χ0n) is 7.61. The standard InChI is InChI=1S/C9H15NO3/c11-8-3-1-2-6-10-7-4-5-9(12)13/h6,8H,1-5,7H2,(H,12,13). The molecule has 0 amide bonds. The Labute approximate surface area is 77.7 Å². The minimum Gasteiger partial charge on any atom is -0.481 e. The molecule has 0 saturated heterocycles. The summed E-state index contributed by atoms with van der Waals surface area (Å²) in [6, 6.07) is 0. The number of unbranched alkanes of at least 4 members (excludes halogenated alkanes) is 2. The van der Waals surface area contributed by atoms with Crippen LogP contribution in [0.25, 0.3) is 0 Å². The van der Waals surface area contributed by atoms with E-state index in [1.54, 1.807) is 6.21 Å². The molecular weight excluding hydrogens is 170 g/mol. The van der Waals surface area contributed by atoms with Gasteiger partial charge in [-0.05, 0) is 25.5 Å². The fourth-order valence-corrected chi connectivity index (χ4v) is 0.797. The lowest BCUT2D eigenvalue weighted by Gasteiger charge is -1.91. The first-order chi connectivity index (χ1) is 6.27. The molecule has 0 heterocycles. The van der Waals surface area contributed by atoms with Crippen molar-refractivity contribution < 1.29 is 14.7 Å². The lowest BCUT2D eigenvalue weighted by Crippen LogP contribution is -1.95. The first-order valence-corrected chi connectivity index (χ1v) is 4.41. The third-order valence-electron chi connectivity index (χ3n) is 1.46. The van der Waals surface area contributed by atoms with Gasteiger partial charge in [-0.2, -0.15) is 0 Å². The summed E-state index contributed by atoms with van der Waals surface area (Å²) in [6.07, 6.45) is 5.59. The average molecular weight is 185 g/mol. The van der Waals surface area contributed by atoms with Crippen LogP contribution in [0.1, 0.15) is 32.1 Å². The van der Waals surface area contributed by atoms with Crippen LogP contribution in [0.5, 0.6) is 0 Å². The molecule has 74 valence electrons. The Bertz CT molecular complexity index is 178. The molecule has 0 aromatic rings. The second-order valence-electron chi connectivity index (χ2n) is 2.68. The molecule has 0 aromatic heterocycles. The molecule has 0 bridgehead atoms. The molecule has 0 rings (SSSR count). The largest absolute Gasteiger partial charge is 0.481 e. The van der Waals surface area contributed by atoms with Crippen LogP contribution >= 0.6 is 0 Å². The van der Waals surface area contributed by atoms with Crippen LogP contribution in [0.2, 0.25) is 0 Å². The molecule has 0 aromatic carbocycles. The van der Waals surface area contributed by atoms with Gasteiger partial charge in [-0.25, -0.2) is 0 Å². The van der Waals surface area contributed by atoms with E-state index in [-0.39, 0.29) is 6.42 Å². The Morgan fingerprint density at radius 2 is 2.08 bits per heavy atom. The molecule has 0 aliphatic rings. The molecule has 0 spiro atoms. The summed E-state index contributed by atoms with van der Waals surface area (Å²) in [5.41, 5.74) is 0. The average Bonchev–Trinajstić information content (AvgIpc) is 2.09. The van der Waals surface area contributed by atoms with Crippen molar-refractivity contribution in [2.24, 2.45) is 4.99 Å². The van der Waals surface area contributed by atoms with E-state index in [9.17, 15) is 9.59 Å². The van der Waals surface area contributed by atoms with Crippen LogP contribution in [-0.2, 0) is 9.59 Å². The van der Waals surface area contributed by atoms with Crippen LogP contribution in [0.4, 0.5) is 0 Å². The molecule has 0 fully saturated rings. The molecular formula is C9H15NO3. The smallest absolute Gasteiger partial charge is 0.303 e. The second kappa shape index (κ2) is 8.90. The first kappa shape index (κ1) is 11.8. The highest BCUT2D eigenvalue weighted by Gasteiger charge is 1.93. The van der Waals surface area contributed by atoms with Crippen molar-refractivity contribution in [3.05, 3.63) is 0 Å². The van der Waals surface area contributed by atoms with E-state index in [0.717, 1.165) is 19.1 Å². The number of aliphatic imine (C=N–C) groups is 1. The maximum absolute atomic E-state index is 10.1. The molecule has 1 N–H and O–H groups in total. The van der Waals surface area contributed by atoms with E-state index in [2.05, 4.69) is 4.99 Å². The zero-order chi connectivity index (χ0) is 9.94. The monoisotopic (exact) mass is 185 g/mol. The summed E-state index contributed by atoms with van der Waals surface area (Å²) in [4.78, 5) is 24.0. The van der Waals surface area contributed by atoms with Crippen molar-refractivity contribution in [1.82, 2.24) is 0 Å². The fraction of sp³-hybridized carbons (Fsp3) is 0.667. The third kappa shape index (κ3) is 10.8. The van der Waals surface area contributed by atoms with Gasteiger partial charge in [0, 0.05) is 19.4 Å². The molecule has 0 atom stereocenters. The van der Waals surface area contributed by atoms with Gasteiger partial charge in [-0.1, -0.05) is 0 Å². The Balaban J connectivity index is 3.12. The van der Waals surface area contributed by atoms with Crippen molar-refractivity contribution in [2.45, 2.75) is 32.1 Å².